The first-order valence-corrected chi connectivity index (χ1v) is 9.59. The number of ether oxygens (including phenoxy) is 2. The summed E-state index contributed by atoms with van der Waals surface area (Å²) >= 11 is 0. The number of carbonyl (C=O) groups excluding carboxylic acids is 3. The molecule has 10 heteroatoms. The van der Waals surface area contributed by atoms with Crippen LogP contribution in [0.4, 0.5) is 0 Å². The number of methoxy groups -OCH3 is 1. The SMILES string of the molecule is COC(=O)C1CCN(C(=O)COC(=O)c2nn(CCO)c(=O)c3ccccc23)CC1. The minimum Gasteiger partial charge on any atom is -0.469 e. The Morgan fingerprint density at radius 2 is 1.83 bits per heavy atom. The second-order valence-corrected chi connectivity index (χ2v) is 6.90. The maximum atomic E-state index is 12.6. The van der Waals surface area contributed by atoms with Crippen LogP contribution >= 0.6 is 0 Å². The predicted octanol–water partition coefficient (Wildman–Crippen LogP) is -0.0428. The molecule has 0 bridgehead atoms. The van der Waals surface area contributed by atoms with Crippen LogP contribution in [-0.4, -0.2) is 71.0 Å². The van der Waals surface area contributed by atoms with Crippen LogP contribution in [0, 0.1) is 5.92 Å². The number of hydrogen-bond acceptors (Lipinski definition) is 8. The molecule has 0 spiro atoms. The highest BCUT2D eigenvalue weighted by Crippen LogP contribution is 2.19. The van der Waals surface area contributed by atoms with Gasteiger partial charge < -0.3 is 19.5 Å². The van der Waals surface area contributed by atoms with Gasteiger partial charge in [0.2, 0.25) is 0 Å². The van der Waals surface area contributed by atoms with Crippen molar-refractivity contribution in [3.8, 4) is 0 Å². The van der Waals surface area contributed by atoms with Crippen molar-refractivity contribution in [1.82, 2.24) is 14.7 Å². The van der Waals surface area contributed by atoms with Gasteiger partial charge in [-0.15, -0.1) is 0 Å². The highest BCUT2D eigenvalue weighted by atomic mass is 16.5. The Kier molecular flexibility index (Phi) is 6.78. The average Bonchev–Trinajstić information content (AvgIpc) is 2.78. The van der Waals surface area contributed by atoms with Gasteiger partial charge in [0, 0.05) is 18.5 Å². The molecule has 1 saturated heterocycles. The third kappa shape index (κ3) is 4.48. The van der Waals surface area contributed by atoms with E-state index in [1.54, 1.807) is 24.3 Å². The molecule has 1 aliphatic rings. The molecule has 10 nitrogen and oxygen atoms in total. The van der Waals surface area contributed by atoms with E-state index in [0.29, 0.717) is 31.3 Å². The number of benzene rings is 1. The molecule has 0 aliphatic carbocycles. The Hall–Kier alpha value is -3.27. The first-order chi connectivity index (χ1) is 14.5. The number of esters is 2. The Morgan fingerprint density at radius 1 is 1.17 bits per heavy atom. The van der Waals surface area contributed by atoms with Crippen LogP contribution in [0.1, 0.15) is 23.3 Å². The largest absolute Gasteiger partial charge is 0.469 e. The van der Waals surface area contributed by atoms with Crippen molar-refractivity contribution >= 4 is 28.6 Å². The Bertz CT molecular complexity index is 1010. The van der Waals surface area contributed by atoms with Gasteiger partial charge in [-0.25, -0.2) is 9.48 Å². The summed E-state index contributed by atoms with van der Waals surface area (Å²) in [7, 11) is 1.33. The number of nitrogens with zero attached hydrogens (tertiary/aromatic N) is 3. The topological polar surface area (TPSA) is 128 Å². The number of likely N-dealkylation sites (tertiary alicyclic amines) is 1. The smallest absolute Gasteiger partial charge is 0.359 e. The summed E-state index contributed by atoms with van der Waals surface area (Å²) in [6.07, 6.45) is 0.981. The first kappa shape index (κ1) is 21.4. The standard InChI is InChI=1S/C20H23N3O7/c1-29-19(27)13-6-8-22(9-7-13)16(25)12-30-20(28)17-14-4-2-3-5-15(14)18(26)23(21-17)10-11-24/h2-5,13,24H,6-12H2,1H3. The van der Waals surface area contributed by atoms with Crippen LogP contribution in [-0.2, 0) is 25.6 Å². The summed E-state index contributed by atoms with van der Waals surface area (Å²) in [5.41, 5.74) is -0.531. The fraction of sp³-hybridized carbons (Fsp3) is 0.450. The Labute approximate surface area is 172 Å². The van der Waals surface area contributed by atoms with E-state index in [9.17, 15) is 19.2 Å². The van der Waals surface area contributed by atoms with E-state index in [4.69, 9.17) is 14.6 Å². The number of fused-ring (bicyclic) bond motifs is 1. The van der Waals surface area contributed by atoms with Crippen molar-refractivity contribution in [2.75, 3.05) is 33.4 Å². The van der Waals surface area contributed by atoms with Crippen LogP contribution in [0.5, 0.6) is 0 Å². The molecule has 1 aromatic carbocycles. The van der Waals surface area contributed by atoms with E-state index in [1.807, 2.05) is 0 Å². The molecule has 30 heavy (non-hydrogen) atoms. The predicted molar refractivity (Wildman–Crippen MR) is 105 cm³/mol. The minimum atomic E-state index is -0.837. The van der Waals surface area contributed by atoms with Crippen molar-refractivity contribution in [2.45, 2.75) is 19.4 Å². The number of aromatic nitrogens is 2. The number of aliphatic hydroxyl groups excluding tert-OH is 1. The van der Waals surface area contributed by atoms with E-state index in [1.165, 1.54) is 12.0 Å². The molecule has 160 valence electrons. The van der Waals surface area contributed by atoms with Crippen LogP contribution < -0.4 is 5.56 Å². The molecule has 2 aromatic rings. The van der Waals surface area contributed by atoms with Crippen LogP contribution in [0.2, 0.25) is 0 Å². The van der Waals surface area contributed by atoms with Crippen molar-refractivity contribution in [1.29, 1.82) is 0 Å². The van der Waals surface area contributed by atoms with Gasteiger partial charge >= 0.3 is 11.9 Å². The molecule has 1 aromatic heterocycles. The number of rotatable bonds is 6. The second kappa shape index (κ2) is 9.49. The van der Waals surface area contributed by atoms with E-state index >= 15 is 0 Å². The van der Waals surface area contributed by atoms with Gasteiger partial charge in [-0.3, -0.25) is 14.4 Å². The lowest BCUT2D eigenvalue weighted by atomic mass is 9.97. The molecule has 1 N–H and O–H groups in total. The zero-order chi connectivity index (χ0) is 21.7. The fourth-order valence-electron chi connectivity index (χ4n) is 3.45. The van der Waals surface area contributed by atoms with Gasteiger partial charge in [-0.1, -0.05) is 18.2 Å². The molecule has 3 rings (SSSR count). The maximum Gasteiger partial charge on any atom is 0.359 e. The van der Waals surface area contributed by atoms with Gasteiger partial charge in [-0.05, 0) is 18.9 Å². The van der Waals surface area contributed by atoms with Crippen molar-refractivity contribution in [2.24, 2.45) is 5.92 Å². The summed E-state index contributed by atoms with van der Waals surface area (Å²) in [5, 5.41) is 13.7. The summed E-state index contributed by atoms with van der Waals surface area (Å²) in [4.78, 5) is 50.5. The highest BCUT2D eigenvalue weighted by molar-refractivity contribution is 6.02. The second-order valence-electron chi connectivity index (χ2n) is 6.90. The van der Waals surface area contributed by atoms with E-state index < -0.39 is 18.1 Å². The van der Waals surface area contributed by atoms with Crippen LogP contribution in [0.25, 0.3) is 10.8 Å². The van der Waals surface area contributed by atoms with E-state index in [-0.39, 0.29) is 42.0 Å². The average molecular weight is 417 g/mol. The molecule has 1 aliphatic heterocycles. The van der Waals surface area contributed by atoms with Crippen molar-refractivity contribution in [3.05, 3.63) is 40.3 Å². The summed E-state index contributed by atoms with van der Waals surface area (Å²) < 4.78 is 10.9. The number of hydrogen-bond donors (Lipinski definition) is 1. The molecule has 1 fully saturated rings. The number of piperidine rings is 1. The molecule has 0 unspecified atom stereocenters. The molecule has 0 atom stereocenters. The summed E-state index contributed by atoms with van der Waals surface area (Å²) in [5.74, 6) is -1.73. The zero-order valence-electron chi connectivity index (χ0n) is 16.6. The lowest BCUT2D eigenvalue weighted by Gasteiger charge is -2.30. The number of aliphatic hydroxyl groups is 1. The highest BCUT2D eigenvalue weighted by Gasteiger charge is 2.28. The molecular formula is C20H23N3O7. The van der Waals surface area contributed by atoms with Crippen LogP contribution in [0.3, 0.4) is 0 Å². The van der Waals surface area contributed by atoms with Gasteiger partial charge in [0.05, 0.1) is 31.6 Å². The third-order valence-electron chi connectivity index (χ3n) is 5.08. The molecule has 2 heterocycles. The Balaban J connectivity index is 1.69. The number of carbonyl (C=O) groups is 3. The van der Waals surface area contributed by atoms with E-state index in [2.05, 4.69) is 5.10 Å². The summed E-state index contributed by atoms with van der Waals surface area (Å²) in [6.45, 7) is -0.119. The van der Waals surface area contributed by atoms with Gasteiger partial charge in [-0.2, -0.15) is 5.10 Å². The quantitative estimate of drug-likeness (QED) is 0.649. The summed E-state index contributed by atoms with van der Waals surface area (Å²) in [6, 6.07) is 6.44. The normalized spacial score (nSPS) is 14.5. The van der Waals surface area contributed by atoms with Crippen molar-refractivity contribution in [3.63, 3.8) is 0 Å². The lowest BCUT2D eigenvalue weighted by molar-refractivity contribution is -0.149. The third-order valence-corrected chi connectivity index (χ3v) is 5.08. The maximum absolute atomic E-state index is 12.6. The van der Waals surface area contributed by atoms with Gasteiger partial charge in [0.1, 0.15) is 0 Å². The molecule has 0 saturated carbocycles. The number of amides is 1. The zero-order valence-corrected chi connectivity index (χ0v) is 16.6. The van der Waals surface area contributed by atoms with Gasteiger partial charge in [0.15, 0.2) is 12.3 Å². The lowest BCUT2D eigenvalue weighted by Crippen LogP contribution is -2.42. The first-order valence-electron chi connectivity index (χ1n) is 9.59. The monoisotopic (exact) mass is 417 g/mol. The minimum absolute atomic E-state index is 0.0714. The molecular weight excluding hydrogens is 394 g/mol. The Morgan fingerprint density at radius 3 is 2.47 bits per heavy atom. The van der Waals surface area contributed by atoms with Crippen molar-refractivity contribution < 1.29 is 29.0 Å². The van der Waals surface area contributed by atoms with Crippen LogP contribution in [0.15, 0.2) is 29.1 Å². The van der Waals surface area contributed by atoms with Gasteiger partial charge in [0.25, 0.3) is 11.5 Å². The molecule has 0 radical (unpaired) electrons. The molecule has 1 amide bonds. The fourth-order valence-corrected chi connectivity index (χ4v) is 3.45. The van der Waals surface area contributed by atoms with E-state index in [0.717, 1.165) is 4.68 Å².